The molecule has 0 aromatic heterocycles. The molecular formula is C24H29N5O5. The number of amides is 5. The van der Waals surface area contributed by atoms with Crippen LogP contribution < -0.4 is 10.2 Å². The number of imide groups is 2. The highest BCUT2D eigenvalue weighted by atomic mass is 16.2. The Labute approximate surface area is 197 Å². The summed E-state index contributed by atoms with van der Waals surface area (Å²) >= 11 is 0. The number of rotatable bonds is 5. The van der Waals surface area contributed by atoms with Crippen LogP contribution in [-0.2, 0) is 14.4 Å². The molecule has 0 spiro atoms. The van der Waals surface area contributed by atoms with Gasteiger partial charge in [-0.25, -0.2) is 0 Å². The van der Waals surface area contributed by atoms with Crippen molar-refractivity contribution in [2.75, 3.05) is 50.7 Å². The lowest BCUT2D eigenvalue weighted by atomic mass is 9.96. The lowest BCUT2D eigenvalue weighted by Gasteiger charge is -2.39. The first-order valence-electron chi connectivity index (χ1n) is 12.0. The summed E-state index contributed by atoms with van der Waals surface area (Å²) in [6, 6.07) is 4.34. The molecule has 0 radical (unpaired) electrons. The maximum atomic E-state index is 13.1. The van der Waals surface area contributed by atoms with Gasteiger partial charge in [0.25, 0.3) is 11.8 Å². The van der Waals surface area contributed by atoms with Crippen molar-refractivity contribution >= 4 is 35.7 Å². The van der Waals surface area contributed by atoms with Crippen molar-refractivity contribution in [2.45, 2.75) is 31.7 Å². The normalized spacial score (nSPS) is 24.5. The maximum Gasteiger partial charge on any atom is 0.262 e. The molecule has 4 aliphatic heterocycles. The first-order chi connectivity index (χ1) is 16.4. The van der Waals surface area contributed by atoms with E-state index in [0.717, 1.165) is 75.7 Å². The van der Waals surface area contributed by atoms with Crippen LogP contribution in [0.15, 0.2) is 18.2 Å². The van der Waals surface area contributed by atoms with Crippen molar-refractivity contribution in [2.24, 2.45) is 5.92 Å². The number of nitrogens with one attached hydrogen (secondary N) is 1. The second kappa shape index (κ2) is 9.17. The van der Waals surface area contributed by atoms with Gasteiger partial charge in [0.2, 0.25) is 18.2 Å². The number of anilines is 1. The third-order valence-electron chi connectivity index (χ3n) is 7.48. The van der Waals surface area contributed by atoms with Crippen LogP contribution in [0, 0.1) is 5.92 Å². The van der Waals surface area contributed by atoms with Crippen molar-refractivity contribution in [1.29, 1.82) is 0 Å². The number of nitrogens with zero attached hydrogens (tertiary/aromatic N) is 4. The molecule has 10 nitrogen and oxygen atoms in total. The summed E-state index contributed by atoms with van der Waals surface area (Å²) in [4.78, 5) is 68.1. The molecule has 5 rings (SSSR count). The molecule has 4 aliphatic rings. The van der Waals surface area contributed by atoms with Gasteiger partial charge in [0.05, 0.1) is 11.1 Å². The predicted octanol–water partition coefficient (Wildman–Crippen LogP) is 0.0782. The summed E-state index contributed by atoms with van der Waals surface area (Å²) in [5, 5.41) is 2.22. The van der Waals surface area contributed by atoms with Crippen LogP contribution in [0.3, 0.4) is 0 Å². The first-order valence-corrected chi connectivity index (χ1v) is 12.0. The lowest BCUT2D eigenvalue weighted by molar-refractivity contribution is -0.136. The predicted molar refractivity (Wildman–Crippen MR) is 122 cm³/mol. The molecule has 1 atom stereocenters. The highest BCUT2D eigenvalue weighted by molar-refractivity contribution is 6.23. The molecule has 1 N–H and O–H groups in total. The zero-order valence-electron chi connectivity index (χ0n) is 19.1. The molecule has 3 saturated heterocycles. The van der Waals surface area contributed by atoms with Crippen molar-refractivity contribution < 1.29 is 24.0 Å². The van der Waals surface area contributed by atoms with Crippen LogP contribution in [0.5, 0.6) is 0 Å². The van der Waals surface area contributed by atoms with E-state index < -0.39 is 23.8 Å². The molecule has 1 aromatic rings. The van der Waals surface area contributed by atoms with E-state index in [1.165, 1.54) is 0 Å². The fourth-order valence-electron chi connectivity index (χ4n) is 5.45. The molecule has 10 heteroatoms. The van der Waals surface area contributed by atoms with Crippen LogP contribution in [0.4, 0.5) is 5.69 Å². The van der Waals surface area contributed by atoms with Gasteiger partial charge >= 0.3 is 0 Å². The van der Waals surface area contributed by atoms with Crippen LogP contribution in [-0.4, -0.2) is 96.6 Å². The van der Waals surface area contributed by atoms with E-state index >= 15 is 0 Å². The number of carbonyl (C=O) groups excluding carboxylic acids is 5. The summed E-state index contributed by atoms with van der Waals surface area (Å²) in [6.07, 6.45) is 3.29. The van der Waals surface area contributed by atoms with Gasteiger partial charge in [0.15, 0.2) is 0 Å². The number of hydrogen-bond acceptors (Lipinski definition) is 7. The minimum absolute atomic E-state index is 0.107. The number of hydrogen-bond donors (Lipinski definition) is 1. The molecular weight excluding hydrogens is 438 g/mol. The van der Waals surface area contributed by atoms with Crippen molar-refractivity contribution in [3.05, 3.63) is 29.3 Å². The van der Waals surface area contributed by atoms with Gasteiger partial charge in [-0.15, -0.1) is 0 Å². The number of fused-ring (bicyclic) bond motifs is 1. The summed E-state index contributed by atoms with van der Waals surface area (Å²) in [5.41, 5.74) is 1.51. The van der Waals surface area contributed by atoms with Gasteiger partial charge in [-0.3, -0.25) is 39.1 Å². The fraction of sp³-hybridized carbons (Fsp3) is 0.542. The molecule has 4 heterocycles. The van der Waals surface area contributed by atoms with Crippen molar-refractivity contribution in [3.8, 4) is 0 Å². The fourth-order valence-corrected chi connectivity index (χ4v) is 5.45. The number of likely N-dealkylation sites (tertiary alicyclic amines) is 1. The minimum atomic E-state index is -0.949. The Bertz CT molecular complexity index is 1030. The molecule has 0 bridgehead atoms. The Morgan fingerprint density at radius 1 is 0.882 bits per heavy atom. The smallest absolute Gasteiger partial charge is 0.262 e. The zero-order chi connectivity index (χ0) is 23.8. The SMILES string of the molecule is O=CN1CCC(CN2CCN(c3ccc4c(c3)C(=O)N(C3CCC(=O)NC3=O)C4=O)CC2)CC1. The van der Waals surface area contributed by atoms with E-state index in [4.69, 9.17) is 0 Å². The topological polar surface area (TPSA) is 110 Å². The average molecular weight is 468 g/mol. The van der Waals surface area contributed by atoms with Gasteiger partial charge in [0.1, 0.15) is 6.04 Å². The monoisotopic (exact) mass is 467 g/mol. The molecule has 0 aliphatic carbocycles. The zero-order valence-corrected chi connectivity index (χ0v) is 19.1. The van der Waals surface area contributed by atoms with Gasteiger partial charge in [-0.1, -0.05) is 0 Å². The second-order valence-corrected chi connectivity index (χ2v) is 9.55. The van der Waals surface area contributed by atoms with Gasteiger partial charge in [-0.05, 0) is 43.4 Å². The highest BCUT2D eigenvalue weighted by Crippen LogP contribution is 2.31. The van der Waals surface area contributed by atoms with Gasteiger partial charge < -0.3 is 9.80 Å². The van der Waals surface area contributed by atoms with E-state index in [9.17, 15) is 24.0 Å². The molecule has 1 unspecified atom stereocenters. The van der Waals surface area contributed by atoms with E-state index in [1.54, 1.807) is 12.1 Å². The Kier molecular flexibility index (Phi) is 6.07. The van der Waals surface area contributed by atoms with Crippen LogP contribution in [0.25, 0.3) is 0 Å². The summed E-state index contributed by atoms with van der Waals surface area (Å²) in [6.45, 7) is 6.20. The quantitative estimate of drug-likeness (QED) is 0.482. The molecule has 3 fully saturated rings. The van der Waals surface area contributed by atoms with Crippen LogP contribution in [0.2, 0.25) is 0 Å². The van der Waals surface area contributed by atoms with Crippen molar-refractivity contribution in [3.63, 3.8) is 0 Å². The largest absolute Gasteiger partial charge is 0.369 e. The molecule has 180 valence electrons. The Balaban J connectivity index is 1.21. The third kappa shape index (κ3) is 4.18. The molecule has 0 saturated carbocycles. The van der Waals surface area contributed by atoms with Gasteiger partial charge in [0, 0.05) is 57.9 Å². The summed E-state index contributed by atoms with van der Waals surface area (Å²) in [5.74, 6) is -1.32. The Morgan fingerprint density at radius 2 is 1.59 bits per heavy atom. The summed E-state index contributed by atoms with van der Waals surface area (Å²) in [7, 11) is 0. The second-order valence-electron chi connectivity index (χ2n) is 9.55. The van der Waals surface area contributed by atoms with E-state index in [1.807, 2.05) is 11.0 Å². The number of piperazine rings is 1. The third-order valence-corrected chi connectivity index (χ3v) is 7.48. The molecule has 5 amide bonds. The molecule has 1 aromatic carbocycles. The standard InChI is InChI=1S/C24H29N5O5/c30-15-27-7-5-16(6-8-27)14-26-9-11-28(12-10-26)17-1-2-18-19(13-17)24(34)29(23(18)33)20-3-4-21(31)25-22(20)32/h1-2,13,15-16,20H,3-12,14H2,(H,25,31,32). The Hall–Kier alpha value is -3.27. The maximum absolute atomic E-state index is 13.1. The Morgan fingerprint density at radius 3 is 2.26 bits per heavy atom. The summed E-state index contributed by atoms with van der Waals surface area (Å²) < 4.78 is 0. The minimum Gasteiger partial charge on any atom is -0.369 e. The number of piperidine rings is 2. The van der Waals surface area contributed by atoms with E-state index in [0.29, 0.717) is 17.0 Å². The number of benzene rings is 1. The van der Waals surface area contributed by atoms with Crippen LogP contribution >= 0.6 is 0 Å². The first kappa shape index (κ1) is 22.5. The van der Waals surface area contributed by atoms with Crippen molar-refractivity contribution in [1.82, 2.24) is 20.0 Å². The average Bonchev–Trinajstić information content (AvgIpc) is 3.09. The lowest BCUT2D eigenvalue weighted by Crippen LogP contribution is -2.54. The van der Waals surface area contributed by atoms with E-state index in [2.05, 4.69) is 15.1 Å². The van der Waals surface area contributed by atoms with E-state index in [-0.39, 0.29) is 18.7 Å². The number of carbonyl (C=O) groups is 5. The van der Waals surface area contributed by atoms with Crippen LogP contribution in [0.1, 0.15) is 46.4 Å². The highest BCUT2D eigenvalue weighted by Gasteiger charge is 2.44. The van der Waals surface area contributed by atoms with Gasteiger partial charge in [-0.2, -0.15) is 0 Å². The molecule has 34 heavy (non-hydrogen) atoms.